The van der Waals surface area contributed by atoms with Crippen LogP contribution in [-0.2, 0) is 0 Å². The van der Waals surface area contributed by atoms with Gasteiger partial charge >= 0.3 is 6.01 Å². The SMILES string of the molecule is Cc1ccc(-c2ccc3c(c2)c2cc(-c4ccccc4C)ccc2n3-c2nc3ccccc3o2)c(C)c1. The number of hydrogen-bond donors (Lipinski definition) is 0. The number of aromatic nitrogens is 2. The standard InChI is InChI=1S/C34H26N2O/c1-21-12-15-27(23(3)18-21)25-14-17-32-29(20-25)28-19-24(26-9-5-4-8-22(26)2)13-16-31(28)36(32)34-35-30-10-6-7-11-33(30)37-34/h4-20H,1-3H3. The Kier molecular flexibility index (Phi) is 4.80. The fourth-order valence-electron chi connectivity index (χ4n) is 5.55. The lowest BCUT2D eigenvalue weighted by Gasteiger charge is -2.08. The van der Waals surface area contributed by atoms with Gasteiger partial charge in [-0.1, -0.05) is 72.3 Å². The number of fused-ring (bicyclic) bond motifs is 4. The van der Waals surface area contributed by atoms with Crippen molar-refractivity contribution >= 4 is 32.9 Å². The zero-order chi connectivity index (χ0) is 25.1. The van der Waals surface area contributed by atoms with Crippen molar-refractivity contribution in [2.24, 2.45) is 0 Å². The molecular weight excluding hydrogens is 452 g/mol. The van der Waals surface area contributed by atoms with E-state index in [-0.39, 0.29) is 0 Å². The summed E-state index contributed by atoms with van der Waals surface area (Å²) in [7, 11) is 0. The largest absolute Gasteiger partial charge is 0.423 e. The predicted molar refractivity (Wildman–Crippen MR) is 153 cm³/mol. The number of para-hydroxylation sites is 2. The Bertz CT molecular complexity index is 1940. The minimum atomic E-state index is 0.587. The van der Waals surface area contributed by atoms with Crippen molar-refractivity contribution < 1.29 is 4.42 Å². The summed E-state index contributed by atoms with van der Waals surface area (Å²) >= 11 is 0. The molecule has 0 fully saturated rings. The van der Waals surface area contributed by atoms with Crippen LogP contribution in [0.1, 0.15) is 16.7 Å². The second-order valence-corrected chi connectivity index (χ2v) is 9.90. The van der Waals surface area contributed by atoms with Crippen LogP contribution in [0, 0.1) is 20.8 Å². The molecule has 0 saturated carbocycles. The highest BCUT2D eigenvalue weighted by molar-refractivity contribution is 6.11. The highest BCUT2D eigenvalue weighted by atomic mass is 16.4. The number of nitrogens with zero attached hydrogens (tertiary/aromatic N) is 2. The molecule has 0 saturated heterocycles. The maximum Gasteiger partial charge on any atom is 0.307 e. The topological polar surface area (TPSA) is 31.0 Å². The number of benzene rings is 5. The molecule has 0 amide bonds. The van der Waals surface area contributed by atoms with Crippen molar-refractivity contribution in [1.82, 2.24) is 9.55 Å². The molecule has 0 atom stereocenters. The van der Waals surface area contributed by atoms with Crippen molar-refractivity contribution in [2.45, 2.75) is 20.8 Å². The molecule has 0 aliphatic rings. The van der Waals surface area contributed by atoms with Gasteiger partial charge in [0, 0.05) is 10.8 Å². The highest BCUT2D eigenvalue weighted by Gasteiger charge is 2.18. The Morgan fingerprint density at radius 2 is 1.24 bits per heavy atom. The van der Waals surface area contributed by atoms with Crippen LogP contribution >= 0.6 is 0 Å². The van der Waals surface area contributed by atoms with Gasteiger partial charge in [0.05, 0.1) is 11.0 Å². The van der Waals surface area contributed by atoms with E-state index in [1.807, 2.05) is 24.3 Å². The molecule has 178 valence electrons. The van der Waals surface area contributed by atoms with Crippen LogP contribution in [0.2, 0.25) is 0 Å². The van der Waals surface area contributed by atoms with E-state index in [9.17, 15) is 0 Å². The van der Waals surface area contributed by atoms with Gasteiger partial charge in [-0.2, -0.15) is 4.98 Å². The molecule has 7 aromatic rings. The van der Waals surface area contributed by atoms with Crippen molar-refractivity contribution in [3.63, 3.8) is 0 Å². The maximum absolute atomic E-state index is 6.26. The lowest BCUT2D eigenvalue weighted by Crippen LogP contribution is -1.94. The van der Waals surface area contributed by atoms with E-state index in [0.29, 0.717) is 6.01 Å². The lowest BCUT2D eigenvalue weighted by molar-refractivity contribution is 0.574. The average molecular weight is 479 g/mol. The highest BCUT2D eigenvalue weighted by Crippen LogP contribution is 2.38. The first-order valence-electron chi connectivity index (χ1n) is 12.6. The predicted octanol–water partition coefficient (Wildman–Crippen LogP) is 9.18. The molecule has 2 aromatic heterocycles. The van der Waals surface area contributed by atoms with E-state index in [1.165, 1.54) is 49.7 Å². The Hall–Kier alpha value is -4.63. The number of hydrogen-bond acceptors (Lipinski definition) is 2. The normalized spacial score (nSPS) is 11.6. The second-order valence-electron chi connectivity index (χ2n) is 9.90. The van der Waals surface area contributed by atoms with Crippen LogP contribution < -0.4 is 0 Å². The van der Waals surface area contributed by atoms with Gasteiger partial charge in [-0.05, 0) is 90.6 Å². The Balaban J connectivity index is 1.54. The van der Waals surface area contributed by atoms with Crippen molar-refractivity contribution in [1.29, 1.82) is 0 Å². The van der Waals surface area contributed by atoms with Gasteiger partial charge in [-0.3, -0.25) is 4.57 Å². The molecule has 2 heterocycles. The number of aryl methyl sites for hydroxylation is 3. The molecule has 5 aromatic carbocycles. The fourth-order valence-corrected chi connectivity index (χ4v) is 5.55. The van der Waals surface area contributed by atoms with Gasteiger partial charge in [-0.15, -0.1) is 0 Å². The smallest absolute Gasteiger partial charge is 0.307 e. The van der Waals surface area contributed by atoms with Gasteiger partial charge in [0.15, 0.2) is 5.58 Å². The molecule has 7 rings (SSSR count). The van der Waals surface area contributed by atoms with E-state index in [1.54, 1.807) is 0 Å². The molecule has 0 radical (unpaired) electrons. The molecule has 0 aliphatic carbocycles. The van der Waals surface area contributed by atoms with E-state index in [0.717, 1.165) is 22.1 Å². The number of rotatable bonds is 3. The van der Waals surface area contributed by atoms with Gasteiger partial charge in [-0.25, -0.2) is 0 Å². The quantitative estimate of drug-likeness (QED) is 0.253. The monoisotopic (exact) mass is 478 g/mol. The third-order valence-electron chi connectivity index (χ3n) is 7.39. The molecule has 0 bridgehead atoms. The van der Waals surface area contributed by atoms with Crippen molar-refractivity contribution in [3.8, 4) is 28.3 Å². The first kappa shape index (κ1) is 21.6. The van der Waals surface area contributed by atoms with Crippen LogP contribution in [0.25, 0.3) is 61.2 Å². The summed E-state index contributed by atoms with van der Waals surface area (Å²) in [5.74, 6) is 0. The van der Waals surface area contributed by atoms with Crippen LogP contribution in [-0.4, -0.2) is 9.55 Å². The van der Waals surface area contributed by atoms with Crippen LogP contribution in [0.15, 0.2) is 108 Å². The van der Waals surface area contributed by atoms with Gasteiger partial charge in [0.25, 0.3) is 0 Å². The molecule has 0 aliphatic heterocycles. The summed E-state index contributed by atoms with van der Waals surface area (Å²) in [5, 5.41) is 2.37. The second kappa shape index (κ2) is 8.21. The fraction of sp³-hybridized carbons (Fsp3) is 0.0882. The summed E-state index contributed by atoms with van der Waals surface area (Å²) in [6, 6.07) is 37.2. The van der Waals surface area contributed by atoms with Gasteiger partial charge in [0.2, 0.25) is 0 Å². The van der Waals surface area contributed by atoms with E-state index in [4.69, 9.17) is 9.40 Å². The lowest BCUT2D eigenvalue weighted by atomic mass is 9.96. The molecular formula is C34H26N2O. The molecule has 3 heteroatoms. The molecule has 0 N–H and O–H groups in total. The summed E-state index contributed by atoms with van der Waals surface area (Å²) in [5.41, 5.74) is 12.5. The van der Waals surface area contributed by atoms with Crippen LogP contribution in [0.5, 0.6) is 0 Å². The van der Waals surface area contributed by atoms with Crippen molar-refractivity contribution in [2.75, 3.05) is 0 Å². The van der Waals surface area contributed by atoms with E-state index in [2.05, 4.69) is 104 Å². The molecule has 0 spiro atoms. The van der Waals surface area contributed by atoms with Gasteiger partial charge in [0.1, 0.15) is 5.52 Å². The molecule has 0 unspecified atom stereocenters. The Labute approximate surface area is 215 Å². The minimum absolute atomic E-state index is 0.587. The van der Waals surface area contributed by atoms with Crippen LogP contribution in [0.3, 0.4) is 0 Å². The zero-order valence-corrected chi connectivity index (χ0v) is 21.1. The average Bonchev–Trinajstić information content (AvgIpc) is 3.47. The third-order valence-corrected chi connectivity index (χ3v) is 7.39. The first-order chi connectivity index (χ1) is 18.1. The Morgan fingerprint density at radius 1 is 0.595 bits per heavy atom. The summed E-state index contributed by atoms with van der Waals surface area (Å²) in [4.78, 5) is 4.85. The first-order valence-corrected chi connectivity index (χ1v) is 12.6. The summed E-state index contributed by atoms with van der Waals surface area (Å²) < 4.78 is 8.41. The molecule has 37 heavy (non-hydrogen) atoms. The third kappa shape index (κ3) is 3.47. The summed E-state index contributed by atoms with van der Waals surface area (Å²) in [6.45, 7) is 6.49. The zero-order valence-electron chi connectivity index (χ0n) is 21.1. The van der Waals surface area contributed by atoms with E-state index < -0.39 is 0 Å². The number of oxazole rings is 1. The minimum Gasteiger partial charge on any atom is -0.423 e. The maximum atomic E-state index is 6.26. The Morgan fingerprint density at radius 3 is 1.92 bits per heavy atom. The van der Waals surface area contributed by atoms with Gasteiger partial charge < -0.3 is 4.42 Å². The van der Waals surface area contributed by atoms with Crippen molar-refractivity contribution in [3.05, 3.63) is 120 Å². The summed E-state index contributed by atoms with van der Waals surface area (Å²) in [6.07, 6.45) is 0. The van der Waals surface area contributed by atoms with Crippen LogP contribution in [0.4, 0.5) is 0 Å². The van der Waals surface area contributed by atoms with E-state index >= 15 is 0 Å². The molecule has 3 nitrogen and oxygen atoms in total.